The molecule has 1 atom stereocenters. The van der Waals surface area contributed by atoms with E-state index in [1.165, 1.54) is 31.2 Å². The van der Waals surface area contributed by atoms with Gasteiger partial charge in [0, 0.05) is 13.0 Å². The normalized spacial score (nSPS) is 11.5. The van der Waals surface area contributed by atoms with Gasteiger partial charge >= 0.3 is 6.03 Å². The van der Waals surface area contributed by atoms with E-state index in [9.17, 15) is 14.4 Å². The van der Waals surface area contributed by atoms with Crippen LogP contribution in [0.3, 0.4) is 0 Å². The van der Waals surface area contributed by atoms with Crippen LogP contribution in [0.1, 0.15) is 75.3 Å². The molecule has 0 bridgehead atoms. The van der Waals surface area contributed by atoms with E-state index in [-0.39, 0.29) is 12.5 Å². The van der Waals surface area contributed by atoms with Crippen molar-refractivity contribution in [1.82, 2.24) is 16.1 Å². The molecular formula is C29H42N4O4. The van der Waals surface area contributed by atoms with Crippen LogP contribution in [-0.4, -0.2) is 30.4 Å². The number of nitrogens with one attached hydrogen (secondary N) is 3. The molecule has 0 aliphatic rings. The number of aryl methyl sites for hydroxylation is 1. The Labute approximate surface area is 220 Å². The van der Waals surface area contributed by atoms with Crippen LogP contribution in [0.2, 0.25) is 0 Å². The van der Waals surface area contributed by atoms with Gasteiger partial charge in [-0.2, -0.15) is 0 Å². The predicted molar refractivity (Wildman–Crippen MR) is 145 cm³/mol. The Morgan fingerprint density at radius 1 is 0.757 bits per heavy atom. The van der Waals surface area contributed by atoms with Crippen LogP contribution >= 0.6 is 0 Å². The first-order chi connectivity index (χ1) is 18.0. The molecule has 0 unspecified atom stereocenters. The molecule has 0 heterocycles. The summed E-state index contributed by atoms with van der Waals surface area (Å²) >= 11 is 0. The molecule has 0 saturated carbocycles. The van der Waals surface area contributed by atoms with Crippen LogP contribution in [0.15, 0.2) is 60.7 Å². The molecule has 5 N–H and O–H groups in total. The summed E-state index contributed by atoms with van der Waals surface area (Å²) in [6.07, 6.45) is 10.1. The van der Waals surface area contributed by atoms with Crippen molar-refractivity contribution in [2.24, 2.45) is 5.73 Å². The van der Waals surface area contributed by atoms with Crippen molar-refractivity contribution < 1.29 is 19.2 Å². The highest BCUT2D eigenvalue weighted by molar-refractivity contribution is 5.87. The zero-order chi connectivity index (χ0) is 26.6. The quantitative estimate of drug-likeness (QED) is 0.164. The molecule has 202 valence electrons. The van der Waals surface area contributed by atoms with Crippen molar-refractivity contribution in [3.63, 3.8) is 0 Å². The minimum Gasteiger partial charge on any atom is -0.352 e. The third-order valence-electron chi connectivity index (χ3n) is 6.09. The van der Waals surface area contributed by atoms with Crippen molar-refractivity contribution in [2.75, 3.05) is 6.54 Å². The summed E-state index contributed by atoms with van der Waals surface area (Å²) in [7, 11) is 0. The van der Waals surface area contributed by atoms with Gasteiger partial charge in [0.1, 0.15) is 6.04 Å². The lowest BCUT2D eigenvalue weighted by molar-refractivity contribution is -0.139. The van der Waals surface area contributed by atoms with E-state index in [4.69, 9.17) is 10.6 Å². The number of hydroxylamine groups is 1. The second kappa shape index (κ2) is 18.8. The Kier molecular flexibility index (Phi) is 15.2. The Morgan fingerprint density at radius 3 is 2.00 bits per heavy atom. The van der Waals surface area contributed by atoms with Crippen LogP contribution in [0.5, 0.6) is 0 Å². The molecule has 0 fully saturated rings. The molecule has 0 aliphatic carbocycles. The molecule has 8 heteroatoms. The number of benzene rings is 2. The number of hydrogen-bond acceptors (Lipinski definition) is 4. The molecule has 0 radical (unpaired) electrons. The number of hydrogen-bond donors (Lipinski definition) is 4. The molecule has 2 aromatic carbocycles. The molecule has 0 spiro atoms. The van der Waals surface area contributed by atoms with E-state index in [0.29, 0.717) is 25.8 Å². The maximum atomic E-state index is 12.6. The summed E-state index contributed by atoms with van der Waals surface area (Å²) in [6.45, 7) is 0.550. The van der Waals surface area contributed by atoms with Gasteiger partial charge in [0.2, 0.25) is 5.91 Å². The third-order valence-corrected chi connectivity index (χ3v) is 6.09. The molecule has 2 rings (SSSR count). The topological polar surface area (TPSA) is 123 Å². The first-order valence-corrected chi connectivity index (χ1v) is 13.4. The van der Waals surface area contributed by atoms with E-state index >= 15 is 0 Å². The summed E-state index contributed by atoms with van der Waals surface area (Å²) in [5, 5.41) is 5.31. The highest BCUT2D eigenvalue weighted by atomic mass is 16.6. The largest absolute Gasteiger partial charge is 0.352 e. The van der Waals surface area contributed by atoms with Gasteiger partial charge in [-0.05, 0) is 43.2 Å². The summed E-state index contributed by atoms with van der Waals surface area (Å²) in [5.41, 5.74) is 9.84. The van der Waals surface area contributed by atoms with Crippen LogP contribution in [0, 0.1) is 0 Å². The van der Waals surface area contributed by atoms with Crippen molar-refractivity contribution in [2.45, 2.75) is 83.3 Å². The van der Waals surface area contributed by atoms with Crippen molar-refractivity contribution in [1.29, 1.82) is 0 Å². The van der Waals surface area contributed by atoms with Gasteiger partial charge in [0.05, 0.1) is 6.61 Å². The molecule has 37 heavy (non-hydrogen) atoms. The number of amides is 4. The molecule has 4 amide bonds. The van der Waals surface area contributed by atoms with Gasteiger partial charge in [-0.1, -0.05) is 92.8 Å². The Hall–Kier alpha value is -3.39. The van der Waals surface area contributed by atoms with Gasteiger partial charge < -0.3 is 16.4 Å². The number of primary amides is 1. The zero-order valence-corrected chi connectivity index (χ0v) is 21.8. The van der Waals surface area contributed by atoms with Gasteiger partial charge in [0.15, 0.2) is 0 Å². The van der Waals surface area contributed by atoms with Gasteiger partial charge in [-0.25, -0.2) is 10.3 Å². The smallest absolute Gasteiger partial charge is 0.312 e. The highest BCUT2D eigenvalue weighted by Crippen LogP contribution is 2.11. The summed E-state index contributed by atoms with van der Waals surface area (Å²) in [5.74, 6) is -0.576. The van der Waals surface area contributed by atoms with Crippen LogP contribution < -0.4 is 21.8 Å². The number of nitrogens with two attached hydrogens (primary N) is 1. The maximum absolute atomic E-state index is 12.6. The lowest BCUT2D eigenvalue weighted by Gasteiger charge is -2.18. The molecule has 0 aromatic heterocycles. The summed E-state index contributed by atoms with van der Waals surface area (Å²) in [4.78, 5) is 41.3. The number of urea groups is 1. The minimum atomic E-state index is -0.748. The van der Waals surface area contributed by atoms with E-state index in [0.717, 1.165) is 31.2 Å². The van der Waals surface area contributed by atoms with Crippen LogP contribution in [0.4, 0.5) is 4.79 Å². The van der Waals surface area contributed by atoms with E-state index in [1.54, 1.807) is 0 Å². The number of carbonyl (C=O) groups is 3. The van der Waals surface area contributed by atoms with E-state index < -0.39 is 18.0 Å². The Bertz CT molecular complexity index is 909. The average Bonchev–Trinajstić information content (AvgIpc) is 2.90. The van der Waals surface area contributed by atoms with Crippen molar-refractivity contribution >= 4 is 17.8 Å². The van der Waals surface area contributed by atoms with Crippen LogP contribution in [0.25, 0.3) is 0 Å². The summed E-state index contributed by atoms with van der Waals surface area (Å²) < 4.78 is 0. The molecule has 8 nitrogen and oxygen atoms in total. The third kappa shape index (κ3) is 14.7. The van der Waals surface area contributed by atoms with Crippen LogP contribution in [-0.2, 0) is 27.5 Å². The monoisotopic (exact) mass is 510 g/mol. The van der Waals surface area contributed by atoms with Crippen molar-refractivity contribution in [3.05, 3.63) is 71.8 Å². The Morgan fingerprint density at radius 2 is 1.35 bits per heavy atom. The molecule has 0 saturated heterocycles. The first-order valence-electron chi connectivity index (χ1n) is 13.4. The average molecular weight is 511 g/mol. The van der Waals surface area contributed by atoms with Gasteiger partial charge in [-0.15, -0.1) is 0 Å². The summed E-state index contributed by atoms with van der Waals surface area (Å²) in [6, 6.07) is 18.7. The standard InChI is InChI=1S/C29H42N4O4/c30-29(36)31-22-14-20-26(28(35)33-37-23-25-18-11-7-12-19-25)32-27(34)21-13-5-3-1-2-4-8-15-24-16-9-6-10-17-24/h6-7,9-12,16-19,26H,1-5,8,13-15,20-23H2,(H,32,34)(H,33,35)(H3,30,31,36)/t26-/m1/s1. The van der Waals surface area contributed by atoms with E-state index in [1.807, 2.05) is 36.4 Å². The Balaban J connectivity index is 1.61. The fourth-order valence-corrected chi connectivity index (χ4v) is 4.03. The maximum Gasteiger partial charge on any atom is 0.312 e. The molecule has 2 aromatic rings. The lowest BCUT2D eigenvalue weighted by atomic mass is 10.0. The van der Waals surface area contributed by atoms with Gasteiger partial charge in [0.25, 0.3) is 5.91 Å². The number of carbonyl (C=O) groups excluding carboxylic acids is 3. The van der Waals surface area contributed by atoms with Crippen molar-refractivity contribution in [3.8, 4) is 0 Å². The number of unbranched alkanes of at least 4 members (excludes halogenated alkanes) is 6. The minimum absolute atomic E-state index is 0.158. The second-order valence-electron chi connectivity index (χ2n) is 9.25. The van der Waals surface area contributed by atoms with E-state index in [2.05, 4.69) is 40.4 Å². The zero-order valence-electron chi connectivity index (χ0n) is 21.8. The molecule has 0 aliphatic heterocycles. The number of rotatable bonds is 19. The predicted octanol–water partition coefficient (Wildman–Crippen LogP) is 4.53. The highest BCUT2D eigenvalue weighted by Gasteiger charge is 2.20. The van der Waals surface area contributed by atoms with Gasteiger partial charge in [-0.3, -0.25) is 14.4 Å². The fraction of sp³-hybridized carbons (Fsp3) is 0.483. The molecular weight excluding hydrogens is 468 g/mol. The fourth-order valence-electron chi connectivity index (χ4n) is 4.03. The first kappa shape index (κ1) is 29.8. The SMILES string of the molecule is NC(=O)NCCC[C@@H](NC(=O)CCCCCCCCCc1ccccc1)C(=O)NOCc1ccccc1. The lowest BCUT2D eigenvalue weighted by Crippen LogP contribution is -2.47. The second-order valence-corrected chi connectivity index (χ2v) is 9.25.